The van der Waals surface area contributed by atoms with Gasteiger partial charge in [0.15, 0.2) is 0 Å². The van der Waals surface area contributed by atoms with E-state index in [9.17, 15) is 13.2 Å². The number of unbranched alkanes of at least 4 members (excludes halogenated alkanes) is 1. The lowest BCUT2D eigenvalue weighted by molar-refractivity contribution is -0.116. The van der Waals surface area contributed by atoms with Gasteiger partial charge in [0.2, 0.25) is 15.9 Å². The Labute approximate surface area is 155 Å². The van der Waals surface area contributed by atoms with Gasteiger partial charge in [-0.05, 0) is 70.0 Å². The number of nitrogens with one attached hydrogen (secondary N) is 2. The molecule has 1 heterocycles. The monoisotopic (exact) mass is 377 g/mol. The number of sulfonamides is 1. The molecule has 0 aliphatic heterocycles. The van der Waals surface area contributed by atoms with Crippen molar-refractivity contribution in [1.82, 2.24) is 9.29 Å². The summed E-state index contributed by atoms with van der Waals surface area (Å²) in [5.41, 5.74) is 1.78. The molecule has 0 radical (unpaired) electrons. The minimum atomic E-state index is -3.32. The highest BCUT2D eigenvalue weighted by atomic mass is 32.2. The van der Waals surface area contributed by atoms with E-state index >= 15 is 0 Å². The highest BCUT2D eigenvalue weighted by Gasteiger charge is 2.27. The molecule has 2 aromatic rings. The van der Waals surface area contributed by atoms with E-state index in [2.05, 4.69) is 10.0 Å². The summed E-state index contributed by atoms with van der Waals surface area (Å²) in [7, 11) is -3.32. The highest BCUT2D eigenvalue weighted by Crippen LogP contribution is 2.15. The van der Waals surface area contributed by atoms with Gasteiger partial charge in [0.25, 0.3) is 0 Å². The lowest BCUT2D eigenvalue weighted by Gasteiger charge is -2.19. The molecule has 0 spiro atoms. The SMILES string of the molecule is CC(C)(C)S(=O)(=O)NCCCCC(=O)Nc1ccc(-n2cccc2)cc1. The van der Waals surface area contributed by atoms with Crippen LogP contribution in [0.5, 0.6) is 0 Å². The standard InChI is InChI=1S/C19H27N3O3S/c1-19(2,3)26(24,25)20-13-5-4-8-18(23)21-16-9-11-17(12-10-16)22-14-6-7-15-22/h6-7,9-12,14-15,20H,4-5,8,13H2,1-3H3,(H,21,23). The van der Waals surface area contributed by atoms with Crippen molar-refractivity contribution in [2.45, 2.75) is 44.8 Å². The number of benzene rings is 1. The van der Waals surface area contributed by atoms with Crippen LogP contribution in [0.1, 0.15) is 40.0 Å². The second-order valence-corrected chi connectivity index (χ2v) is 9.67. The molecule has 0 fully saturated rings. The van der Waals surface area contributed by atoms with Gasteiger partial charge < -0.3 is 9.88 Å². The highest BCUT2D eigenvalue weighted by molar-refractivity contribution is 7.90. The Morgan fingerprint density at radius 2 is 1.65 bits per heavy atom. The zero-order chi connectivity index (χ0) is 19.2. The van der Waals surface area contributed by atoms with Gasteiger partial charge in [0, 0.05) is 36.7 Å². The summed E-state index contributed by atoms with van der Waals surface area (Å²) in [6.45, 7) is 5.32. The van der Waals surface area contributed by atoms with E-state index in [0.29, 0.717) is 25.8 Å². The third-order valence-corrected chi connectivity index (χ3v) is 6.18. The van der Waals surface area contributed by atoms with E-state index in [1.165, 1.54) is 0 Å². The maximum atomic E-state index is 12.0. The molecule has 0 bridgehead atoms. The van der Waals surface area contributed by atoms with Crippen molar-refractivity contribution in [2.75, 3.05) is 11.9 Å². The maximum absolute atomic E-state index is 12.0. The second kappa shape index (κ2) is 8.51. The molecule has 1 aromatic carbocycles. The summed E-state index contributed by atoms with van der Waals surface area (Å²) >= 11 is 0. The van der Waals surface area contributed by atoms with E-state index in [-0.39, 0.29) is 5.91 Å². The molecule has 26 heavy (non-hydrogen) atoms. The van der Waals surface area contributed by atoms with Crippen LogP contribution < -0.4 is 10.0 Å². The fourth-order valence-corrected chi connectivity index (χ4v) is 3.13. The normalized spacial score (nSPS) is 12.1. The van der Waals surface area contributed by atoms with Gasteiger partial charge in [-0.2, -0.15) is 0 Å². The van der Waals surface area contributed by atoms with Crippen molar-refractivity contribution in [3.63, 3.8) is 0 Å². The Kier molecular flexibility index (Phi) is 6.61. The number of anilines is 1. The summed E-state index contributed by atoms with van der Waals surface area (Å²) < 4.78 is 27.6. The summed E-state index contributed by atoms with van der Waals surface area (Å²) in [5, 5.41) is 2.86. The van der Waals surface area contributed by atoms with Crippen LogP contribution in [-0.2, 0) is 14.8 Å². The summed E-state index contributed by atoms with van der Waals surface area (Å²) in [4.78, 5) is 12.0. The number of amides is 1. The Morgan fingerprint density at radius 3 is 2.23 bits per heavy atom. The van der Waals surface area contributed by atoms with Gasteiger partial charge in [0.1, 0.15) is 0 Å². The van der Waals surface area contributed by atoms with Gasteiger partial charge in [-0.3, -0.25) is 4.79 Å². The quantitative estimate of drug-likeness (QED) is 0.693. The summed E-state index contributed by atoms with van der Waals surface area (Å²) in [6, 6.07) is 11.5. The van der Waals surface area contributed by atoms with Crippen LogP contribution >= 0.6 is 0 Å². The topological polar surface area (TPSA) is 80.2 Å². The van der Waals surface area contributed by atoms with Crippen LogP contribution in [0.3, 0.4) is 0 Å². The molecule has 0 saturated heterocycles. The van der Waals surface area contributed by atoms with Crippen molar-refractivity contribution in [2.24, 2.45) is 0 Å². The number of hydrogen-bond donors (Lipinski definition) is 2. The Bertz CT molecular complexity index is 805. The lowest BCUT2D eigenvalue weighted by Crippen LogP contribution is -2.39. The van der Waals surface area contributed by atoms with Crippen LogP contribution in [0.4, 0.5) is 5.69 Å². The molecule has 0 aliphatic rings. The van der Waals surface area contributed by atoms with Gasteiger partial charge >= 0.3 is 0 Å². The Balaban J connectivity index is 1.71. The van der Waals surface area contributed by atoms with Crippen molar-refractivity contribution in [3.8, 4) is 5.69 Å². The van der Waals surface area contributed by atoms with E-state index in [4.69, 9.17) is 0 Å². The average molecular weight is 378 g/mol. The molecule has 2 N–H and O–H groups in total. The lowest BCUT2D eigenvalue weighted by atomic mass is 10.2. The predicted octanol–water partition coefficient (Wildman–Crippen LogP) is 3.30. The third-order valence-electron chi connectivity index (χ3n) is 3.98. The first-order valence-electron chi connectivity index (χ1n) is 8.71. The number of carbonyl (C=O) groups excluding carboxylic acids is 1. The van der Waals surface area contributed by atoms with E-state index in [0.717, 1.165) is 11.4 Å². The molecule has 1 amide bonds. The minimum Gasteiger partial charge on any atom is -0.326 e. The van der Waals surface area contributed by atoms with E-state index in [1.807, 2.05) is 53.4 Å². The largest absolute Gasteiger partial charge is 0.326 e. The minimum absolute atomic E-state index is 0.0719. The predicted molar refractivity (Wildman–Crippen MR) is 105 cm³/mol. The first-order valence-corrected chi connectivity index (χ1v) is 10.2. The smallest absolute Gasteiger partial charge is 0.224 e. The summed E-state index contributed by atoms with van der Waals surface area (Å²) in [6.07, 6.45) is 5.52. The Hall–Kier alpha value is -2.12. The fourth-order valence-electron chi connectivity index (χ4n) is 2.28. The molecule has 0 atom stereocenters. The van der Waals surface area contributed by atoms with Crippen LogP contribution in [0.2, 0.25) is 0 Å². The zero-order valence-corrected chi connectivity index (χ0v) is 16.3. The van der Waals surface area contributed by atoms with Crippen molar-refractivity contribution >= 4 is 21.6 Å². The third kappa shape index (κ3) is 5.71. The Morgan fingerprint density at radius 1 is 1.04 bits per heavy atom. The molecular weight excluding hydrogens is 350 g/mol. The van der Waals surface area contributed by atoms with Gasteiger partial charge in [0.05, 0.1) is 4.75 Å². The number of nitrogens with zero attached hydrogens (tertiary/aromatic N) is 1. The second-order valence-electron chi connectivity index (χ2n) is 7.15. The number of aromatic nitrogens is 1. The summed E-state index contributed by atoms with van der Waals surface area (Å²) in [5.74, 6) is -0.0719. The van der Waals surface area contributed by atoms with Gasteiger partial charge in [-0.25, -0.2) is 13.1 Å². The average Bonchev–Trinajstić information content (AvgIpc) is 3.08. The maximum Gasteiger partial charge on any atom is 0.224 e. The van der Waals surface area contributed by atoms with Crippen LogP contribution in [-0.4, -0.2) is 30.2 Å². The zero-order valence-electron chi connectivity index (χ0n) is 15.5. The first-order chi connectivity index (χ1) is 12.2. The molecule has 142 valence electrons. The number of carbonyl (C=O) groups is 1. The first kappa shape index (κ1) is 20.2. The fraction of sp³-hybridized carbons (Fsp3) is 0.421. The van der Waals surface area contributed by atoms with E-state index < -0.39 is 14.8 Å². The van der Waals surface area contributed by atoms with Crippen LogP contribution in [0.15, 0.2) is 48.8 Å². The van der Waals surface area contributed by atoms with Gasteiger partial charge in [-0.1, -0.05) is 0 Å². The van der Waals surface area contributed by atoms with Crippen LogP contribution in [0, 0.1) is 0 Å². The van der Waals surface area contributed by atoms with Gasteiger partial charge in [-0.15, -0.1) is 0 Å². The number of rotatable bonds is 8. The van der Waals surface area contributed by atoms with Crippen LogP contribution in [0.25, 0.3) is 5.69 Å². The van der Waals surface area contributed by atoms with Crippen molar-refractivity contribution in [1.29, 1.82) is 0 Å². The molecule has 0 saturated carbocycles. The van der Waals surface area contributed by atoms with Crippen molar-refractivity contribution < 1.29 is 13.2 Å². The van der Waals surface area contributed by atoms with E-state index in [1.54, 1.807) is 20.8 Å². The molecule has 7 heteroatoms. The molecule has 6 nitrogen and oxygen atoms in total. The van der Waals surface area contributed by atoms with Crippen molar-refractivity contribution in [3.05, 3.63) is 48.8 Å². The molecular formula is C19H27N3O3S. The molecule has 1 aromatic heterocycles. The molecule has 0 aliphatic carbocycles. The molecule has 0 unspecified atom stereocenters. The number of hydrogen-bond acceptors (Lipinski definition) is 3. The molecule has 2 rings (SSSR count).